The molecular formula is C22H24N4O3S. The summed E-state index contributed by atoms with van der Waals surface area (Å²) < 4.78 is 7.70. The second kappa shape index (κ2) is 7.28. The predicted molar refractivity (Wildman–Crippen MR) is 118 cm³/mol. The number of aromatic nitrogens is 3. The summed E-state index contributed by atoms with van der Waals surface area (Å²) in [6, 6.07) is 10.0. The van der Waals surface area contributed by atoms with Crippen LogP contribution in [0.4, 0.5) is 5.82 Å². The minimum Gasteiger partial charge on any atom is -0.375 e. The third-order valence-electron chi connectivity index (χ3n) is 5.83. The van der Waals surface area contributed by atoms with Crippen molar-refractivity contribution in [2.24, 2.45) is 0 Å². The molecule has 0 spiro atoms. The van der Waals surface area contributed by atoms with Crippen molar-refractivity contribution >= 4 is 34.4 Å². The van der Waals surface area contributed by atoms with Crippen LogP contribution >= 0.6 is 11.8 Å². The summed E-state index contributed by atoms with van der Waals surface area (Å²) in [5.41, 5.74) is 2.09. The molecule has 8 heteroatoms. The number of aromatic amines is 1. The fourth-order valence-corrected chi connectivity index (χ4v) is 5.57. The first kappa shape index (κ1) is 19.4. The summed E-state index contributed by atoms with van der Waals surface area (Å²) in [4.78, 5) is 30.0. The van der Waals surface area contributed by atoms with E-state index in [1.807, 2.05) is 28.9 Å². The Bertz CT molecular complexity index is 1180. The molecule has 0 unspecified atom stereocenters. The van der Waals surface area contributed by atoms with Crippen molar-refractivity contribution in [1.82, 2.24) is 14.8 Å². The van der Waals surface area contributed by atoms with Crippen LogP contribution in [0.5, 0.6) is 0 Å². The maximum atomic E-state index is 13.1. The molecule has 1 fully saturated rings. The number of nitrogens with zero attached hydrogens (tertiary/aromatic N) is 2. The molecule has 3 aromatic rings. The number of anilines is 1. The van der Waals surface area contributed by atoms with Crippen molar-refractivity contribution in [2.75, 3.05) is 17.7 Å². The number of fused-ring (bicyclic) bond motifs is 2. The van der Waals surface area contributed by atoms with E-state index in [4.69, 9.17) is 4.74 Å². The summed E-state index contributed by atoms with van der Waals surface area (Å²) in [6.07, 6.45) is 3.32. The number of ether oxygens (including phenoxy) is 1. The molecule has 0 radical (unpaired) electrons. The normalized spacial score (nSPS) is 23.6. The van der Waals surface area contributed by atoms with Gasteiger partial charge in [-0.25, -0.2) is 0 Å². The highest BCUT2D eigenvalue weighted by atomic mass is 32.2. The van der Waals surface area contributed by atoms with Crippen LogP contribution in [0.3, 0.4) is 0 Å². The number of pyridine rings is 1. The van der Waals surface area contributed by atoms with E-state index < -0.39 is 0 Å². The van der Waals surface area contributed by atoms with E-state index in [1.54, 1.807) is 6.20 Å². The highest BCUT2D eigenvalue weighted by Gasteiger charge is 2.36. The van der Waals surface area contributed by atoms with E-state index >= 15 is 0 Å². The molecule has 1 aromatic carbocycles. The van der Waals surface area contributed by atoms with Crippen LogP contribution in [0.25, 0.3) is 10.9 Å². The molecule has 0 aliphatic carbocycles. The average molecular weight is 425 g/mol. The first-order valence-electron chi connectivity index (χ1n) is 10.2. The standard InChI is InChI=1S/C22H24N4O3S/c1-22(2)11-15(7-9-29-22)26-20-18(21(28)25-26)19(30-12-17(27)24-20)14-5-6-16-13(10-14)4-3-8-23-16/h3-6,8,10,15,19H,7,9,11-12H2,1-2H3,(H,24,27)(H,25,28)/t15-,19-/m0/s1. The van der Waals surface area contributed by atoms with Gasteiger partial charge in [0, 0.05) is 18.2 Å². The minimum absolute atomic E-state index is 0.0649. The van der Waals surface area contributed by atoms with Gasteiger partial charge in [-0.1, -0.05) is 12.1 Å². The van der Waals surface area contributed by atoms with Crippen molar-refractivity contribution in [2.45, 2.75) is 43.6 Å². The third kappa shape index (κ3) is 3.44. The monoisotopic (exact) mass is 424 g/mol. The Morgan fingerprint density at radius 3 is 2.97 bits per heavy atom. The van der Waals surface area contributed by atoms with E-state index in [9.17, 15) is 9.59 Å². The number of hydrogen-bond acceptors (Lipinski definition) is 5. The summed E-state index contributed by atoms with van der Waals surface area (Å²) >= 11 is 1.48. The van der Waals surface area contributed by atoms with Crippen LogP contribution in [0, 0.1) is 0 Å². The maximum Gasteiger partial charge on any atom is 0.270 e. The van der Waals surface area contributed by atoms with Gasteiger partial charge in [-0.15, -0.1) is 11.8 Å². The minimum atomic E-state index is -0.273. The largest absolute Gasteiger partial charge is 0.375 e. The molecule has 0 saturated carbocycles. The number of thioether (sulfide) groups is 1. The van der Waals surface area contributed by atoms with Gasteiger partial charge in [0.2, 0.25) is 5.91 Å². The van der Waals surface area contributed by atoms with Gasteiger partial charge in [0.15, 0.2) is 0 Å². The highest BCUT2D eigenvalue weighted by Crippen LogP contribution is 2.42. The van der Waals surface area contributed by atoms with Crippen molar-refractivity contribution in [3.8, 4) is 0 Å². The lowest BCUT2D eigenvalue weighted by atomic mass is 9.94. The Morgan fingerprint density at radius 2 is 2.13 bits per heavy atom. The van der Waals surface area contributed by atoms with Crippen molar-refractivity contribution in [3.63, 3.8) is 0 Å². The molecule has 1 amide bonds. The van der Waals surface area contributed by atoms with Gasteiger partial charge >= 0.3 is 0 Å². The molecule has 2 atom stereocenters. The van der Waals surface area contributed by atoms with E-state index in [2.05, 4.69) is 35.3 Å². The molecule has 156 valence electrons. The summed E-state index contributed by atoms with van der Waals surface area (Å²) in [7, 11) is 0. The summed E-state index contributed by atoms with van der Waals surface area (Å²) in [6.45, 7) is 4.73. The Labute approximate surface area is 178 Å². The van der Waals surface area contributed by atoms with Crippen LogP contribution in [-0.4, -0.2) is 38.6 Å². The molecular weight excluding hydrogens is 400 g/mol. The van der Waals surface area contributed by atoms with Gasteiger partial charge in [0.1, 0.15) is 5.82 Å². The Morgan fingerprint density at radius 1 is 1.27 bits per heavy atom. The topological polar surface area (TPSA) is 89.0 Å². The Balaban J connectivity index is 1.62. The first-order chi connectivity index (χ1) is 14.4. The molecule has 30 heavy (non-hydrogen) atoms. The van der Waals surface area contributed by atoms with E-state index in [0.717, 1.165) is 29.3 Å². The molecule has 2 aromatic heterocycles. The van der Waals surface area contributed by atoms with Crippen LogP contribution in [0.2, 0.25) is 0 Å². The molecule has 2 N–H and O–H groups in total. The number of nitrogens with one attached hydrogen (secondary N) is 2. The number of carbonyl (C=O) groups excluding carboxylic acids is 1. The fraction of sp³-hybridized carbons (Fsp3) is 0.409. The maximum absolute atomic E-state index is 13.1. The van der Waals surface area contributed by atoms with Gasteiger partial charge in [0.25, 0.3) is 5.56 Å². The molecule has 4 heterocycles. The van der Waals surface area contributed by atoms with Gasteiger partial charge in [0.05, 0.1) is 33.7 Å². The summed E-state index contributed by atoms with van der Waals surface area (Å²) in [5.74, 6) is 0.794. The van der Waals surface area contributed by atoms with E-state index in [1.165, 1.54) is 11.8 Å². The van der Waals surface area contributed by atoms with E-state index in [-0.39, 0.29) is 28.4 Å². The number of rotatable bonds is 2. The zero-order valence-corrected chi connectivity index (χ0v) is 17.8. The quantitative estimate of drug-likeness (QED) is 0.656. The SMILES string of the molecule is CC1(C)C[C@@H](n2[nH]c(=O)c3c2NC(=O)CS[C@H]3c2ccc3ncccc3c2)CCO1. The van der Waals surface area contributed by atoms with Crippen molar-refractivity contribution in [1.29, 1.82) is 0 Å². The lowest BCUT2D eigenvalue weighted by Crippen LogP contribution is -2.36. The molecule has 7 nitrogen and oxygen atoms in total. The second-order valence-electron chi connectivity index (χ2n) is 8.52. The molecule has 2 aliphatic rings. The van der Waals surface area contributed by atoms with Gasteiger partial charge in [-0.3, -0.25) is 24.4 Å². The lowest BCUT2D eigenvalue weighted by Gasteiger charge is -2.36. The van der Waals surface area contributed by atoms with Crippen molar-refractivity contribution < 1.29 is 9.53 Å². The van der Waals surface area contributed by atoms with Crippen LogP contribution in [0.15, 0.2) is 41.3 Å². The zero-order chi connectivity index (χ0) is 20.9. The lowest BCUT2D eigenvalue weighted by molar-refractivity contribution is -0.113. The van der Waals surface area contributed by atoms with Gasteiger partial charge in [-0.05, 0) is 50.5 Å². The zero-order valence-electron chi connectivity index (χ0n) is 17.0. The Kier molecular flexibility index (Phi) is 4.71. The van der Waals surface area contributed by atoms with Crippen LogP contribution in [0.1, 0.15) is 49.1 Å². The first-order valence-corrected chi connectivity index (χ1v) is 11.2. The highest BCUT2D eigenvalue weighted by molar-refractivity contribution is 8.00. The second-order valence-corrected chi connectivity index (χ2v) is 9.62. The average Bonchev–Trinajstić information content (AvgIpc) is 2.92. The smallest absolute Gasteiger partial charge is 0.270 e. The number of benzene rings is 1. The molecule has 5 rings (SSSR count). The van der Waals surface area contributed by atoms with Gasteiger partial charge in [-0.2, -0.15) is 0 Å². The number of amides is 1. The van der Waals surface area contributed by atoms with Gasteiger partial charge < -0.3 is 10.1 Å². The number of hydrogen-bond donors (Lipinski definition) is 2. The predicted octanol–water partition coefficient (Wildman–Crippen LogP) is 3.63. The van der Waals surface area contributed by atoms with E-state index in [0.29, 0.717) is 23.7 Å². The van der Waals surface area contributed by atoms with Crippen molar-refractivity contribution in [3.05, 3.63) is 58.0 Å². The Hall–Kier alpha value is -2.58. The van der Waals surface area contributed by atoms with Crippen LogP contribution < -0.4 is 10.9 Å². The van der Waals surface area contributed by atoms with Crippen LogP contribution in [-0.2, 0) is 9.53 Å². The number of carbonyl (C=O) groups is 1. The third-order valence-corrected chi connectivity index (χ3v) is 7.10. The molecule has 1 saturated heterocycles. The fourth-order valence-electron chi connectivity index (χ4n) is 4.46. The molecule has 2 aliphatic heterocycles. The molecule has 0 bridgehead atoms. The summed E-state index contributed by atoms with van der Waals surface area (Å²) in [5, 5.41) is 6.79. The number of H-pyrrole nitrogens is 1.